The Morgan fingerprint density at radius 2 is 2.00 bits per heavy atom. The van der Waals surface area contributed by atoms with Crippen LogP contribution in [0.5, 0.6) is 5.75 Å². The number of anilines is 1. The molecule has 0 aliphatic rings. The summed E-state index contributed by atoms with van der Waals surface area (Å²) in [6, 6.07) is 5.67. The van der Waals surface area contributed by atoms with Crippen LogP contribution < -0.4 is 10.5 Å². The van der Waals surface area contributed by atoms with Crippen molar-refractivity contribution < 1.29 is 14.3 Å². The van der Waals surface area contributed by atoms with Gasteiger partial charge in [-0.3, -0.25) is 0 Å². The fourth-order valence-corrected chi connectivity index (χ4v) is 1.91. The van der Waals surface area contributed by atoms with Crippen LogP contribution in [-0.4, -0.2) is 36.8 Å². The van der Waals surface area contributed by atoms with E-state index in [1.54, 1.807) is 12.0 Å². The summed E-state index contributed by atoms with van der Waals surface area (Å²) in [4.78, 5) is 13.7. The Balaban J connectivity index is 2.63. The number of hydrogen-bond donors (Lipinski definition) is 1. The molecule has 0 spiro atoms. The lowest BCUT2D eigenvalue weighted by atomic mass is 10.1. The maximum atomic E-state index is 12.0. The lowest BCUT2D eigenvalue weighted by Gasteiger charge is -2.26. The predicted octanol–water partition coefficient (Wildman–Crippen LogP) is 3.08. The number of nitrogens with two attached hydrogens (primary N) is 1. The quantitative estimate of drug-likeness (QED) is 0.848. The van der Waals surface area contributed by atoms with E-state index < -0.39 is 5.60 Å². The summed E-state index contributed by atoms with van der Waals surface area (Å²) in [6.07, 6.45) is 0.438. The highest BCUT2D eigenvalue weighted by molar-refractivity contribution is 5.68. The number of nitrogens with zero attached hydrogens (tertiary/aromatic N) is 1. The van der Waals surface area contributed by atoms with Crippen LogP contribution in [0.2, 0.25) is 0 Å². The SMILES string of the molecule is CCN(CCc1ccc(OC)c(N)c1)C(=O)OC(C)(C)C. The molecule has 5 nitrogen and oxygen atoms in total. The minimum absolute atomic E-state index is 0.286. The molecule has 0 radical (unpaired) electrons. The van der Waals surface area contributed by atoms with Crippen LogP contribution in [-0.2, 0) is 11.2 Å². The molecule has 2 N–H and O–H groups in total. The number of methoxy groups -OCH3 is 1. The molecule has 5 heteroatoms. The van der Waals surface area contributed by atoms with Crippen molar-refractivity contribution in [3.8, 4) is 5.75 Å². The molecule has 0 atom stereocenters. The van der Waals surface area contributed by atoms with E-state index in [1.807, 2.05) is 45.9 Å². The number of benzene rings is 1. The smallest absolute Gasteiger partial charge is 0.410 e. The molecule has 1 aromatic carbocycles. The Kier molecular flexibility index (Phi) is 5.88. The first-order valence-corrected chi connectivity index (χ1v) is 7.17. The molecule has 118 valence electrons. The first kappa shape index (κ1) is 17.1. The second-order valence-corrected chi connectivity index (χ2v) is 5.89. The van der Waals surface area contributed by atoms with Crippen molar-refractivity contribution in [1.82, 2.24) is 4.90 Å². The minimum atomic E-state index is -0.477. The van der Waals surface area contributed by atoms with Gasteiger partial charge >= 0.3 is 6.09 Å². The first-order chi connectivity index (χ1) is 9.76. The summed E-state index contributed by atoms with van der Waals surface area (Å²) >= 11 is 0. The van der Waals surface area contributed by atoms with Crippen molar-refractivity contribution in [3.05, 3.63) is 23.8 Å². The van der Waals surface area contributed by atoms with Crippen molar-refractivity contribution in [2.24, 2.45) is 0 Å². The zero-order valence-corrected chi connectivity index (χ0v) is 13.6. The molecule has 1 amide bonds. The Morgan fingerprint density at radius 1 is 1.33 bits per heavy atom. The molecule has 1 rings (SSSR count). The number of hydrogen-bond acceptors (Lipinski definition) is 4. The Hall–Kier alpha value is -1.91. The van der Waals surface area contributed by atoms with Gasteiger partial charge in [0.25, 0.3) is 0 Å². The molecule has 21 heavy (non-hydrogen) atoms. The third kappa shape index (κ3) is 5.53. The number of amides is 1. The van der Waals surface area contributed by atoms with E-state index in [0.717, 1.165) is 12.0 Å². The van der Waals surface area contributed by atoms with E-state index in [9.17, 15) is 4.79 Å². The van der Waals surface area contributed by atoms with Gasteiger partial charge in [-0.1, -0.05) is 6.07 Å². The predicted molar refractivity (Wildman–Crippen MR) is 84.6 cm³/mol. The Bertz CT molecular complexity index is 481. The normalized spacial score (nSPS) is 11.1. The van der Waals surface area contributed by atoms with Crippen LogP contribution in [0.3, 0.4) is 0 Å². The van der Waals surface area contributed by atoms with E-state index in [0.29, 0.717) is 24.5 Å². The van der Waals surface area contributed by atoms with Gasteiger partial charge in [0.05, 0.1) is 12.8 Å². The van der Waals surface area contributed by atoms with Crippen LogP contribution in [0.4, 0.5) is 10.5 Å². The van der Waals surface area contributed by atoms with Crippen LogP contribution >= 0.6 is 0 Å². The summed E-state index contributed by atoms with van der Waals surface area (Å²) in [6.45, 7) is 8.73. The van der Waals surface area contributed by atoms with Gasteiger partial charge in [-0.05, 0) is 51.8 Å². The number of ether oxygens (including phenoxy) is 2. The van der Waals surface area contributed by atoms with Crippen molar-refractivity contribution >= 4 is 11.8 Å². The molecule has 0 bridgehead atoms. The van der Waals surface area contributed by atoms with Gasteiger partial charge < -0.3 is 20.1 Å². The van der Waals surface area contributed by atoms with Gasteiger partial charge in [0.2, 0.25) is 0 Å². The zero-order chi connectivity index (χ0) is 16.0. The van der Waals surface area contributed by atoms with E-state index in [2.05, 4.69) is 0 Å². The monoisotopic (exact) mass is 294 g/mol. The number of nitrogen functional groups attached to an aromatic ring is 1. The summed E-state index contributed by atoms with van der Waals surface area (Å²) in [5, 5.41) is 0. The molecule has 0 aromatic heterocycles. The van der Waals surface area contributed by atoms with Crippen molar-refractivity contribution in [1.29, 1.82) is 0 Å². The van der Waals surface area contributed by atoms with E-state index >= 15 is 0 Å². The molecule has 0 unspecified atom stereocenters. The Morgan fingerprint density at radius 3 is 2.48 bits per heavy atom. The van der Waals surface area contributed by atoms with Gasteiger partial charge in [-0.2, -0.15) is 0 Å². The van der Waals surface area contributed by atoms with Crippen molar-refractivity contribution in [2.45, 2.75) is 39.7 Å². The lowest BCUT2D eigenvalue weighted by Crippen LogP contribution is -2.37. The molecule has 0 aliphatic heterocycles. The molecular weight excluding hydrogens is 268 g/mol. The highest BCUT2D eigenvalue weighted by atomic mass is 16.6. The van der Waals surface area contributed by atoms with E-state index in [4.69, 9.17) is 15.2 Å². The lowest BCUT2D eigenvalue weighted by molar-refractivity contribution is 0.0262. The van der Waals surface area contributed by atoms with Gasteiger partial charge in [0.1, 0.15) is 11.4 Å². The number of rotatable bonds is 5. The number of likely N-dealkylation sites (N-methyl/N-ethyl adjacent to an activating group) is 1. The van der Waals surface area contributed by atoms with Gasteiger partial charge in [-0.15, -0.1) is 0 Å². The third-order valence-electron chi connectivity index (χ3n) is 3.00. The van der Waals surface area contributed by atoms with Crippen LogP contribution in [0.15, 0.2) is 18.2 Å². The largest absolute Gasteiger partial charge is 0.495 e. The average molecular weight is 294 g/mol. The van der Waals surface area contributed by atoms with Gasteiger partial charge in [0.15, 0.2) is 0 Å². The van der Waals surface area contributed by atoms with Crippen molar-refractivity contribution in [3.63, 3.8) is 0 Å². The highest BCUT2D eigenvalue weighted by Gasteiger charge is 2.20. The number of carbonyl (C=O) groups excluding carboxylic acids is 1. The summed E-state index contributed by atoms with van der Waals surface area (Å²) < 4.78 is 10.5. The van der Waals surface area contributed by atoms with Crippen LogP contribution in [0.1, 0.15) is 33.3 Å². The Labute approximate surface area is 127 Å². The summed E-state index contributed by atoms with van der Waals surface area (Å²) in [5.74, 6) is 0.665. The summed E-state index contributed by atoms with van der Waals surface area (Å²) in [7, 11) is 1.59. The zero-order valence-electron chi connectivity index (χ0n) is 13.6. The number of carbonyl (C=O) groups is 1. The van der Waals surface area contributed by atoms with E-state index in [-0.39, 0.29) is 6.09 Å². The molecule has 0 saturated carbocycles. The maximum Gasteiger partial charge on any atom is 0.410 e. The highest BCUT2D eigenvalue weighted by Crippen LogP contribution is 2.22. The fourth-order valence-electron chi connectivity index (χ4n) is 1.91. The topological polar surface area (TPSA) is 64.8 Å². The molecule has 0 saturated heterocycles. The first-order valence-electron chi connectivity index (χ1n) is 7.17. The minimum Gasteiger partial charge on any atom is -0.495 e. The van der Waals surface area contributed by atoms with Crippen LogP contribution in [0, 0.1) is 0 Å². The second kappa shape index (κ2) is 7.20. The maximum absolute atomic E-state index is 12.0. The van der Waals surface area contributed by atoms with Gasteiger partial charge in [0, 0.05) is 13.1 Å². The fraction of sp³-hybridized carbons (Fsp3) is 0.562. The third-order valence-corrected chi connectivity index (χ3v) is 3.00. The molecule has 1 aromatic rings. The average Bonchev–Trinajstić information content (AvgIpc) is 2.37. The molecular formula is C16H26N2O3. The van der Waals surface area contributed by atoms with E-state index in [1.165, 1.54) is 0 Å². The molecule has 0 aliphatic carbocycles. The van der Waals surface area contributed by atoms with Crippen molar-refractivity contribution in [2.75, 3.05) is 25.9 Å². The molecule has 0 fully saturated rings. The van der Waals surface area contributed by atoms with Crippen LogP contribution in [0.25, 0.3) is 0 Å². The standard InChI is InChI=1S/C16H26N2O3/c1-6-18(15(19)21-16(2,3)4)10-9-12-7-8-14(20-5)13(17)11-12/h7-8,11H,6,9-10,17H2,1-5H3. The molecule has 0 heterocycles. The summed E-state index contributed by atoms with van der Waals surface area (Å²) in [5.41, 5.74) is 7.08. The second-order valence-electron chi connectivity index (χ2n) is 5.89. The van der Waals surface area contributed by atoms with Gasteiger partial charge in [-0.25, -0.2) is 4.79 Å².